The molecule has 0 spiro atoms. The number of ketones is 1. The van der Waals surface area contributed by atoms with Gasteiger partial charge in [0, 0.05) is 24.0 Å². The first-order valence-corrected chi connectivity index (χ1v) is 8.97. The molecule has 1 atom stereocenters. The Bertz CT molecular complexity index is 1160. The Hall–Kier alpha value is -3.31. The van der Waals surface area contributed by atoms with Gasteiger partial charge in [-0.3, -0.25) is 19.7 Å². The van der Waals surface area contributed by atoms with Crippen molar-refractivity contribution in [2.75, 3.05) is 0 Å². The summed E-state index contributed by atoms with van der Waals surface area (Å²) in [6.45, 7) is 2.71. The Kier molecular flexibility index (Phi) is 3.62. The molecule has 0 saturated heterocycles. The molecular formula is C22H18N4O. The van der Waals surface area contributed by atoms with E-state index in [9.17, 15) is 4.79 Å². The van der Waals surface area contributed by atoms with Crippen LogP contribution in [0.2, 0.25) is 0 Å². The highest BCUT2D eigenvalue weighted by Gasteiger charge is 2.28. The lowest BCUT2D eigenvalue weighted by atomic mass is 9.97. The standard InChI is InChI=1S/C22H18N4O/c1-14-25-19-13-23-11-10-20(19)26(14)17-8-6-15(7-9-17)22(27)21-18-5-3-2-4-16(18)12-24-21/h2-11,13,21,24H,12H2,1H3. The highest BCUT2D eigenvalue weighted by molar-refractivity contribution is 6.01. The van der Waals surface area contributed by atoms with E-state index in [4.69, 9.17) is 0 Å². The number of Topliss-reactive ketones (excluding diaryl/α,β-unsaturated/α-hetero) is 1. The summed E-state index contributed by atoms with van der Waals surface area (Å²) in [5.74, 6) is 0.992. The van der Waals surface area contributed by atoms with Gasteiger partial charge in [-0.1, -0.05) is 24.3 Å². The number of pyridine rings is 1. The van der Waals surface area contributed by atoms with Gasteiger partial charge in [-0.15, -0.1) is 0 Å². The molecule has 5 heteroatoms. The molecule has 0 aliphatic carbocycles. The molecular weight excluding hydrogens is 336 g/mol. The SMILES string of the molecule is Cc1nc2cnccc2n1-c1ccc(C(=O)C2NCc3ccccc32)cc1. The van der Waals surface area contributed by atoms with Gasteiger partial charge in [-0.2, -0.15) is 0 Å². The molecule has 1 unspecified atom stereocenters. The lowest BCUT2D eigenvalue weighted by Gasteiger charge is -2.12. The van der Waals surface area contributed by atoms with Crippen LogP contribution in [-0.2, 0) is 6.54 Å². The number of aromatic nitrogens is 3. The maximum absolute atomic E-state index is 13.0. The molecule has 1 aliphatic heterocycles. The molecule has 2 aromatic heterocycles. The van der Waals surface area contributed by atoms with E-state index in [1.165, 1.54) is 5.56 Å². The summed E-state index contributed by atoms with van der Waals surface area (Å²) in [6.07, 6.45) is 3.53. The lowest BCUT2D eigenvalue weighted by molar-refractivity contribution is 0.0948. The van der Waals surface area contributed by atoms with E-state index in [1.807, 2.05) is 55.5 Å². The largest absolute Gasteiger partial charge is 0.299 e. The summed E-state index contributed by atoms with van der Waals surface area (Å²) in [5, 5.41) is 3.32. The number of carbonyl (C=O) groups excluding carboxylic acids is 1. The van der Waals surface area contributed by atoms with E-state index < -0.39 is 0 Å². The molecule has 1 N–H and O–H groups in total. The minimum atomic E-state index is -0.270. The first kappa shape index (κ1) is 15.9. The molecule has 5 nitrogen and oxygen atoms in total. The van der Waals surface area contributed by atoms with Crippen LogP contribution in [0.3, 0.4) is 0 Å². The average Bonchev–Trinajstić information content (AvgIpc) is 3.28. The van der Waals surface area contributed by atoms with E-state index in [-0.39, 0.29) is 11.8 Å². The van der Waals surface area contributed by atoms with Crippen molar-refractivity contribution < 1.29 is 4.79 Å². The second-order valence-corrected chi connectivity index (χ2v) is 6.78. The number of rotatable bonds is 3. The maximum atomic E-state index is 13.0. The summed E-state index contributed by atoms with van der Waals surface area (Å²) in [6, 6.07) is 17.5. The fourth-order valence-electron chi connectivity index (χ4n) is 3.85. The molecule has 5 rings (SSSR count). The van der Waals surface area contributed by atoms with E-state index in [0.29, 0.717) is 5.56 Å². The van der Waals surface area contributed by atoms with Crippen LogP contribution in [0.4, 0.5) is 0 Å². The summed E-state index contributed by atoms with van der Waals surface area (Å²) < 4.78 is 2.08. The molecule has 3 heterocycles. The number of hydrogen-bond donors (Lipinski definition) is 1. The van der Waals surface area contributed by atoms with Crippen LogP contribution in [0.5, 0.6) is 0 Å². The van der Waals surface area contributed by atoms with Gasteiger partial charge >= 0.3 is 0 Å². The number of benzene rings is 2. The van der Waals surface area contributed by atoms with Crippen LogP contribution in [0.25, 0.3) is 16.7 Å². The normalized spacial score (nSPS) is 15.8. The van der Waals surface area contributed by atoms with Crippen molar-refractivity contribution in [3.05, 3.63) is 89.5 Å². The van der Waals surface area contributed by atoms with Crippen molar-refractivity contribution >= 4 is 16.8 Å². The first-order valence-electron chi connectivity index (χ1n) is 8.97. The lowest BCUT2D eigenvalue weighted by Crippen LogP contribution is -2.22. The predicted octanol–water partition coefficient (Wildman–Crippen LogP) is 3.76. The highest BCUT2D eigenvalue weighted by atomic mass is 16.1. The van der Waals surface area contributed by atoms with Gasteiger partial charge in [0.05, 0.1) is 17.8 Å². The number of aryl methyl sites for hydroxylation is 1. The third kappa shape index (κ3) is 2.55. The molecule has 0 amide bonds. The third-order valence-electron chi connectivity index (χ3n) is 5.16. The van der Waals surface area contributed by atoms with Crippen LogP contribution in [0, 0.1) is 6.92 Å². The Morgan fingerprint density at radius 3 is 2.78 bits per heavy atom. The van der Waals surface area contributed by atoms with E-state index in [1.54, 1.807) is 12.4 Å². The summed E-state index contributed by atoms with van der Waals surface area (Å²) in [5.41, 5.74) is 5.83. The van der Waals surface area contributed by atoms with E-state index in [0.717, 1.165) is 34.7 Å². The van der Waals surface area contributed by atoms with E-state index >= 15 is 0 Å². The molecule has 2 aromatic carbocycles. The zero-order chi connectivity index (χ0) is 18.4. The molecule has 1 aliphatic rings. The van der Waals surface area contributed by atoms with Crippen molar-refractivity contribution in [2.45, 2.75) is 19.5 Å². The Morgan fingerprint density at radius 1 is 1.11 bits per heavy atom. The molecule has 0 bridgehead atoms. The molecule has 0 radical (unpaired) electrons. The number of hydrogen-bond acceptors (Lipinski definition) is 4. The molecule has 0 saturated carbocycles. The molecule has 132 valence electrons. The zero-order valence-electron chi connectivity index (χ0n) is 14.9. The number of imidazole rings is 1. The van der Waals surface area contributed by atoms with Crippen LogP contribution in [-0.4, -0.2) is 20.3 Å². The average molecular weight is 354 g/mol. The third-order valence-corrected chi connectivity index (χ3v) is 5.16. The van der Waals surface area contributed by atoms with Crippen molar-refractivity contribution in [1.29, 1.82) is 0 Å². The fourth-order valence-corrected chi connectivity index (χ4v) is 3.85. The molecule has 27 heavy (non-hydrogen) atoms. The van der Waals surface area contributed by atoms with Gasteiger partial charge in [0.25, 0.3) is 0 Å². The quantitative estimate of drug-likeness (QED) is 0.569. The van der Waals surface area contributed by atoms with Crippen molar-refractivity contribution in [2.24, 2.45) is 0 Å². The highest BCUT2D eigenvalue weighted by Crippen LogP contribution is 2.28. The van der Waals surface area contributed by atoms with Crippen LogP contribution in [0.15, 0.2) is 67.0 Å². The molecule has 4 aromatic rings. The Balaban J connectivity index is 1.49. The topological polar surface area (TPSA) is 59.8 Å². The Labute approximate surface area is 156 Å². The van der Waals surface area contributed by atoms with Crippen molar-refractivity contribution in [3.8, 4) is 5.69 Å². The zero-order valence-corrected chi connectivity index (χ0v) is 14.9. The fraction of sp³-hybridized carbons (Fsp3) is 0.136. The van der Waals surface area contributed by atoms with E-state index in [2.05, 4.69) is 25.9 Å². The van der Waals surface area contributed by atoms with Crippen LogP contribution >= 0.6 is 0 Å². The van der Waals surface area contributed by atoms with Gasteiger partial charge in [-0.25, -0.2) is 4.98 Å². The van der Waals surface area contributed by atoms with Gasteiger partial charge in [-0.05, 0) is 48.4 Å². The van der Waals surface area contributed by atoms with Crippen LogP contribution < -0.4 is 5.32 Å². The van der Waals surface area contributed by atoms with Crippen molar-refractivity contribution in [1.82, 2.24) is 19.9 Å². The smallest absolute Gasteiger partial charge is 0.184 e. The molecule has 0 fully saturated rings. The minimum absolute atomic E-state index is 0.0999. The number of nitrogens with one attached hydrogen (secondary N) is 1. The Morgan fingerprint density at radius 2 is 1.93 bits per heavy atom. The number of fused-ring (bicyclic) bond motifs is 2. The second kappa shape index (κ2) is 6.14. The van der Waals surface area contributed by atoms with Crippen LogP contribution in [0.1, 0.15) is 33.4 Å². The van der Waals surface area contributed by atoms with Gasteiger partial charge in [0.1, 0.15) is 11.3 Å². The summed E-state index contributed by atoms with van der Waals surface area (Å²) in [7, 11) is 0. The predicted molar refractivity (Wildman–Crippen MR) is 104 cm³/mol. The second-order valence-electron chi connectivity index (χ2n) is 6.78. The first-order chi connectivity index (χ1) is 13.2. The van der Waals surface area contributed by atoms with Gasteiger partial charge in [0.15, 0.2) is 5.78 Å². The number of nitrogens with zero attached hydrogens (tertiary/aromatic N) is 3. The summed E-state index contributed by atoms with van der Waals surface area (Å²) in [4.78, 5) is 21.7. The van der Waals surface area contributed by atoms with Gasteiger partial charge < -0.3 is 0 Å². The van der Waals surface area contributed by atoms with Gasteiger partial charge in [0.2, 0.25) is 0 Å². The summed E-state index contributed by atoms with van der Waals surface area (Å²) >= 11 is 0. The monoisotopic (exact) mass is 354 g/mol. The number of carbonyl (C=O) groups is 1. The minimum Gasteiger partial charge on any atom is -0.299 e. The van der Waals surface area contributed by atoms with Crippen molar-refractivity contribution in [3.63, 3.8) is 0 Å². The maximum Gasteiger partial charge on any atom is 0.184 e.